The van der Waals surface area contributed by atoms with Gasteiger partial charge in [-0.25, -0.2) is 13.2 Å². The molecule has 1 N–H and O–H groups in total. The number of nitrogens with zero attached hydrogens (tertiary/aromatic N) is 2. The van der Waals surface area contributed by atoms with Crippen LogP contribution in [0.2, 0.25) is 0 Å². The highest BCUT2D eigenvalue weighted by atomic mass is 32.2. The van der Waals surface area contributed by atoms with Crippen molar-refractivity contribution in [3.05, 3.63) is 59.2 Å². The van der Waals surface area contributed by atoms with Crippen LogP contribution in [0.1, 0.15) is 16.7 Å². The number of para-hydroxylation sites is 1. The molecule has 7 nitrogen and oxygen atoms in total. The third-order valence-electron chi connectivity index (χ3n) is 6.14. The molecule has 2 aromatic rings. The zero-order valence-corrected chi connectivity index (χ0v) is 18.8. The van der Waals surface area contributed by atoms with Crippen LogP contribution in [-0.4, -0.2) is 63.0 Å². The van der Waals surface area contributed by atoms with E-state index in [4.69, 9.17) is 4.74 Å². The van der Waals surface area contributed by atoms with E-state index in [-0.39, 0.29) is 11.9 Å². The van der Waals surface area contributed by atoms with Crippen molar-refractivity contribution in [3.63, 3.8) is 0 Å². The van der Waals surface area contributed by atoms with Crippen LogP contribution in [0.15, 0.2) is 47.4 Å². The Bertz CT molecular complexity index is 1060. The van der Waals surface area contributed by atoms with Crippen LogP contribution in [0, 0.1) is 19.8 Å². The second-order valence-corrected chi connectivity index (χ2v) is 10.3. The zero-order chi connectivity index (χ0) is 22.0. The molecular weight excluding hydrogens is 414 g/mol. The minimum absolute atomic E-state index is 0.151. The summed E-state index contributed by atoms with van der Waals surface area (Å²) in [6.07, 6.45) is 0.873. The summed E-state index contributed by atoms with van der Waals surface area (Å²) in [5.74, 6) is 1.15. The first-order valence-electron chi connectivity index (χ1n) is 10.7. The molecule has 8 heteroatoms. The van der Waals surface area contributed by atoms with Crippen molar-refractivity contribution in [2.24, 2.45) is 5.92 Å². The predicted molar refractivity (Wildman–Crippen MR) is 119 cm³/mol. The Balaban J connectivity index is 1.28. The van der Waals surface area contributed by atoms with Gasteiger partial charge < -0.3 is 15.0 Å². The van der Waals surface area contributed by atoms with Gasteiger partial charge in [-0.2, -0.15) is 4.31 Å². The van der Waals surface area contributed by atoms with E-state index in [0.717, 1.165) is 28.9 Å². The lowest BCUT2D eigenvalue weighted by Gasteiger charge is -2.34. The molecular formula is C23H29N3O4S. The second-order valence-electron chi connectivity index (χ2n) is 8.31. The summed E-state index contributed by atoms with van der Waals surface area (Å²) < 4.78 is 33.2. The highest BCUT2D eigenvalue weighted by molar-refractivity contribution is 7.89. The first kappa shape index (κ1) is 21.6. The minimum Gasteiger partial charge on any atom is -0.493 e. The molecule has 2 aromatic carbocycles. The summed E-state index contributed by atoms with van der Waals surface area (Å²) in [5, 5.41) is 2.99. The molecule has 31 heavy (non-hydrogen) atoms. The number of nitrogens with one attached hydrogen (secondary N) is 1. The lowest BCUT2D eigenvalue weighted by molar-refractivity contribution is 0.166. The molecule has 1 unspecified atom stereocenters. The van der Waals surface area contributed by atoms with Crippen molar-refractivity contribution in [1.82, 2.24) is 14.5 Å². The van der Waals surface area contributed by atoms with E-state index < -0.39 is 10.0 Å². The molecule has 0 aromatic heterocycles. The molecule has 0 aliphatic carbocycles. The van der Waals surface area contributed by atoms with E-state index in [9.17, 15) is 13.2 Å². The molecule has 2 heterocycles. The van der Waals surface area contributed by atoms with Crippen molar-refractivity contribution in [2.45, 2.75) is 25.2 Å². The van der Waals surface area contributed by atoms with Gasteiger partial charge in [0.1, 0.15) is 5.75 Å². The Labute approximate surface area is 184 Å². The van der Waals surface area contributed by atoms with Gasteiger partial charge in [-0.05, 0) is 55.2 Å². The number of benzene rings is 2. The number of carbonyl (C=O) groups is 1. The molecule has 0 spiro atoms. The van der Waals surface area contributed by atoms with Gasteiger partial charge in [0.05, 0.1) is 11.5 Å². The van der Waals surface area contributed by atoms with Gasteiger partial charge in [-0.3, -0.25) is 0 Å². The lowest BCUT2D eigenvalue weighted by Crippen LogP contribution is -2.53. The number of hydrogen-bond donors (Lipinski definition) is 1. The van der Waals surface area contributed by atoms with Crippen LogP contribution in [0.25, 0.3) is 0 Å². The van der Waals surface area contributed by atoms with E-state index in [0.29, 0.717) is 44.2 Å². The number of amides is 2. The van der Waals surface area contributed by atoms with Gasteiger partial charge in [-0.15, -0.1) is 0 Å². The fourth-order valence-electron chi connectivity index (χ4n) is 4.02. The molecule has 0 saturated carbocycles. The van der Waals surface area contributed by atoms with E-state index >= 15 is 0 Å². The van der Waals surface area contributed by atoms with Crippen LogP contribution >= 0.6 is 0 Å². The van der Waals surface area contributed by atoms with E-state index in [1.165, 1.54) is 4.31 Å². The maximum atomic E-state index is 13.0. The van der Waals surface area contributed by atoms with Crippen molar-refractivity contribution in [1.29, 1.82) is 0 Å². The Morgan fingerprint density at radius 3 is 2.55 bits per heavy atom. The number of urea groups is 1. The highest BCUT2D eigenvalue weighted by Crippen LogP contribution is 2.26. The molecule has 2 aliphatic heterocycles. The molecule has 1 atom stereocenters. The molecule has 166 valence electrons. The third-order valence-corrected chi connectivity index (χ3v) is 8.03. The first-order valence-corrected chi connectivity index (χ1v) is 12.1. The fraction of sp³-hybridized carbons (Fsp3) is 0.435. The maximum absolute atomic E-state index is 13.0. The zero-order valence-electron chi connectivity index (χ0n) is 18.0. The number of fused-ring (bicyclic) bond motifs is 1. The van der Waals surface area contributed by atoms with E-state index in [1.54, 1.807) is 17.0 Å². The summed E-state index contributed by atoms with van der Waals surface area (Å²) in [4.78, 5) is 14.6. The molecule has 0 radical (unpaired) electrons. The average Bonchev–Trinajstić information content (AvgIpc) is 2.79. The van der Waals surface area contributed by atoms with Gasteiger partial charge in [0.2, 0.25) is 10.0 Å². The quantitative estimate of drug-likeness (QED) is 0.788. The Morgan fingerprint density at radius 2 is 1.81 bits per heavy atom. The monoisotopic (exact) mass is 443 g/mol. The van der Waals surface area contributed by atoms with Gasteiger partial charge >= 0.3 is 6.03 Å². The summed E-state index contributed by atoms with van der Waals surface area (Å²) in [6, 6.07) is 13.0. The molecule has 4 rings (SSSR count). The van der Waals surface area contributed by atoms with Gasteiger partial charge in [0.15, 0.2) is 0 Å². The number of hydrogen-bond acceptors (Lipinski definition) is 4. The van der Waals surface area contributed by atoms with Crippen molar-refractivity contribution in [2.75, 3.05) is 39.3 Å². The summed E-state index contributed by atoms with van der Waals surface area (Å²) in [7, 11) is -3.55. The first-order chi connectivity index (χ1) is 14.8. The summed E-state index contributed by atoms with van der Waals surface area (Å²) in [6.45, 7) is 6.33. The topological polar surface area (TPSA) is 79.0 Å². The van der Waals surface area contributed by atoms with Crippen LogP contribution in [-0.2, 0) is 16.4 Å². The average molecular weight is 444 g/mol. The highest BCUT2D eigenvalue weighted by Gasteiger charge is 2.30. The van der Waals surface area contributed by atoms with E-state index in [2.05, 4.69) is 11.4 Å². The standard InChI is InChI=1S/C23H29N3O4S/c1-17-7-8-21(13-18(17)2)31(28,29)26-11-9-25(10-12-26)23(27)24-15-19-14-20-5-3-4-6-22(20)30-16-19/h3-8,13,19H,9-12,14-16H2,1-2H3,(H,24,27). The number of piperazine rings is 1. The molecule has 2 aliphatic rings. The fourth-order valence-corrected chi connectivity index (χ4v) is 5.53. The molecule has 0 bridgehead atoms. The van der Waals surface area contributed by atoms with Crippen LogP contribution in [0.3, 0.4) is 0 Å². The Hall–Kier alpha value is -2.58. The summed E-state index contributed by atoms with van der Waals surface area (Å²) in [5.41, 5.74) is 3.18. The van der Waals surface area contributed by atoms with Gasteiger partial charge in [-0.1, -0.05) is 24.3 Å². The van der Waals surface area contributed by atoms with Crippen LogP contribution in [0.4, 0.5) is 4.79 Å². The van der Waals surface area contributed by atoms with Crippen molar-refractivity contribution >= 4 is 16.1 Å². The van der Waals surface area contributed by atoms with Crippen LogP contribution in [0.5, 0.6) is 5.75 Å². The lowest BCUT2D eigenvalue weighted by atomic mass is 9.97. The van der Waals surface area contributed by atoms with Crippen LogP contribution < -0.4 is 10.1 Å². The molecule has 1 saturated heterocycles. The van der Waals surface area contributed by atoms with Crippen molar-refractivity contribution < 1.29 is 17.9 Å². The second kappa shape index (κ2) is 8.88. The third kappa shape index (κ3) is 4.70. The minimum atomic E-state index is -3.55. The number of rotatable bonds is 4. The van der Waals surface area contributed by atoms with Gasteiger partial charge in [0, 0.05) is 38.6 Å². The smallest absolute Gasteiger partial charge is 0.317 e. The van der Waals surface area contributed by atoms with E-state index in [1.807, 2.05) is 38.1 Å². The Kier molecular flexibility index (Phi) is 6.20. The molecule has 2 amide bonds. The number of carbonyl (C=O) groups excluding carboxylic acids is 1. The van der Waals surface area contributed by atoms with Gasteiger partial charge in [0.25, 0.3) is 0 Å². The number of ether oxygens (including phenoxy) is 1. The van der Waals surface area contributed by atoms with Crippen molar-refractivity contribution in [3.8, 4) is 5.75 Å². The Morgan fingerprint density at radius 1 is 1.06 bits per heavy atom. The largest absolute Gasteiger partial charge is 0.493 e. The SMILES string of the molecule is Cc1ccc(S(=O)(=O)N2CCN(C(=O)NCC3COc4ccccc4C3)CC2)cc1C. The number of sulfonamides is 1. The maximum Gasteiger partial charge on any atom is 0.317 e. The molecule has 1 fully saturated rings. The predicted octanol–water partition coefficient (Wildman–Crippen LogP) is 2.57. The summed E-state index contributed by atoms with van der Waals surface area (Å²) >= 11 is 0. The number of aryl methyl sites for hydroxylation is 2. The normalized spacial score (nSPS) is 19.4.